The highest BCUT2D eigenvalue weighted by Gasteiger charge is 2.07. The Bertz CT molecular complexity index is 503. The van der Waals surface area contributed by atoms with Gasteiger partial charge in [-0.3, -0.25) is 4.79 Å². The van der Waals surface area contributed by atoms with E-state index in [0.717, 1.165) is 30.4 Å². The highest BCUT2D eigenvalue weighted by molar-refractivity contribution is 5.72. The van der Waals surface area contributed by atoms with Crippen LogP contribution in [0.3, 0.4) is 0 Å². The number of ether oxygens (including phenoxy) is 4. The Morgan fingerprint density at radius 3 is 2.19 bits per heavy atom. The molecular formula is C20H32O6. The molecular weight excluding hydrogens is 336 g/mol. The van der Waals surface area contributed by atoms with Gasteiger partial charge in [-0.05, 0) is 44.7 Å². The van der Waals surface area contributed by atoms with E-state index in [9.17, 15) is 4.79 Å². The molecule has 26 heavy (non-hydrogen) atoms. The molecule has 1 aromatic rings. The van der Waals surface area contributed by atoms with Crippen LogP contribution in [0, 0.1) is 13.8 Å². The Balaban J connectivity index is 1.92. The Morgan fingerprint density at radius 2 is 1.54 bits per heavy atom. The van der Waals surface area contributed by atoms with Gasteiger partial charge in [-0.1, -0.05) is 17.7 Å². The summed E-state index contributed by atoms with van der Waals surface area (Å²) in [7, 11) is 0. The molecule has 1 rings (SSSR count). The number of carbonyl (C=O) groups is 1. The number of aliphatic hydroxyl groups excluding tert-OH is 1. The molecule has 0 saturated heterocycles. The van der Waals surface area contributed by atoms with E-state index in [1.165, 1.54) is 0 Å². The lowest BCUT2D eigenvalue weighted by Crippen LogP contribution is -2.13. The van der Waals surface area contributed by atoms with E-state index >= 15 is 0 Å². The van der Waals surface area contributed by atoms with Gasteiger partial charge in [-0.15, -0.1) is 0 Å². The van der Waals surface area contributed by atoms with Crippen LogP contribution in [0.1, 0.15) is 36.8 Å². The Morgan fingerprint density at radius 1 is 0.885 bits per heavy atom. The third-order valence-electron chi connectivity index (χ3n) is 3.69. The highest BCUT2D eigenvalue weighted by atomic mass is 16.5. The van der Waals surface area contributed by atoms with Crippen LogP contribution in [0.4, 0.5) is 0 Å². The number of benzene rings is 1. The topological polar surface area (TPSA) is 74.2 Å². The first-order valence-electron chi connectivity index (χ1n) is 9.25. The van der Waals surface area contributed by atoms with Crippen molar-refractivity contribution in [2.45, 2.75) is 39.5 Å². The first-order valence-corrected chi connectivity index (χ1v) is 9.25. The van der Waals surface area contributed by atoms with Crippen LogP contribution < -0.4 is 4.74 Å². The van der Waals surface area contributed by atoms with Gasteiger partial charge in [-0.25, -0.2) is 0 Å². The predicted octanol–water partition coefficient (Wildman–Crippen LogP) is 2.81. The van der Waals surface area contributed by atoms with Crippen molar-refractivity contribution in [1.29, 1.82) is 0 Å². The molecule has 0 unspecified atom stereocenters. The minimum atomic E-state index is -0.290. The molecule has 0 aromatic heterocycles. The number of carbonyl (C=O) groups excluding carboxylic acids is 1. The van der Waals surface area contributed by atoms with Gasteiger partial charge >= 0.3 is 5.97 Å². The van der Waals surface area contributed by atoms with Gasteiger partial charge in [0.1, 0.15) is 5.75 Å². The first kappa shape index (κ1) is 22.6. The van der Waals surface area contributed by atoms with Crippen molar-refractivity contribution in [3.05, 3.63) is 29.3 Å². The number of rotatable bonds is 15. The lowest BCUT2D eigenvalue weighted by Gasteiger charge is -2.09. The monoisotopic (exact) mass is 368 g/mol. The summed E-state index contributed by atoms with van der Waals surface area (Å²) >= 11 is 0. The molecule has 0 atom stereocenters. The second-order valence-corrected chi connectivity index (χ2v) is 6.11. The zero-order chi connectivity index (χ0) is 19.0. The second kappa shape index (κ2) is 14.7. The third kappa shape index (κ3) is 11.2. The molecule has 6 nitrogen and oxygen atoms in total. The number of aliphatic hydroxyl groups is 1. The molecule has 0 aliphatic carbocycles. The number of unbranched alkanes of at least 4 members (excludes halogenated alkanes) is 2. The van der Waals surface area contributed by atoms with Crippen LogP contribution in [0.2, 0.25) is 0 Å². The van der Waals surface area contributed by atoms with E-state index in [1.807, 2.05) is 32.0 Å². The zero-order valence-electron chi connectivity index (χ0n) is 16.0. The Kier molecular flexibility index (Phi) is 12.7. The predicted molar refractivity (Wildman–Crippen MR) is 99.6 cm³/mol. The molecule has 0 aliphatic rings. The third-order valence-corrected chi connectivity index (χ3v) is 3.69. The molecule has 148 valence electrons. The first-order chi connectivity index (χ1) is 12.6. The molecule has 0 fully saturated rings. The van der Waals surface area contributed by atoms with E-state index < -0.39 is 0 Å². The second-order valence-electron chi connectivity index (χ2n) is 6.11. The summed E-state index contributed by atoms with van der Waals surface area (Å²) < 4.78 is 21.4. The Hall–Kier alpha value is -1.47. The van der Waals surface area contributed by atoms with E-state index in [2.05, 4.69) is 0 Å². The SMILES string of the molecule is Cc1ccc(OC(=O)CCOCCOCCCCCOCCO)c(C)c1. The average molecular weight is 368 g/mol. The van der Waals surface area contributed by atoms with Crippen LogP contribution in [-0.2, 0) is 19.0 Å². The van der Waals surface area contributed by atoms with Gasteiger partial charge in [0.15, 0.2) is 0 Å². The molecule has 0 heterocycles. The summed E-state index contributed by atoms with van der Waals surface area (Å²) in [6.07, 6.45) is 3.21. The van der Waals surface area contributed by atoms with Gasteiger partial charge in [0.2, 0.25) is 0 Å². The molecule has 0 radical (unpaired) electrons. The Labute approximate surface area is 156 Å². The molecule has 6 heteroatoms. The molecule has 0 amide bonds. The maximum absolute atomic E-state index is 11.8. The molecule has 0 bridgehead atoms. The van der Waals surface area contributed by atoms with Crippen molar-refractivity contribution < 1.29 is 28.8 Å². The number of hydrogen-bond acceptors (Lipinski definition) is 6. The normalized spacial score (nSPS) is 10.9. The smallest absolute Gasteiger partial charge is 0.313 e. The van der Waals surface area contributed by atoms with Crippen molar-refractivity contribution in [3.8, 4) is 5.75 Å². The van der Waals surface area contributed by atoms with Crippen LogP contribution in [-0.4, -0.2) is 57.3 Å². The van der Waals surface area contributed by atoms with Crippen molar-refractivity contribution >= 4 is 5.97 Å². The molecule has 0 saturated carbocycles. The van der Waals surface area contributed by atoms with Gasteiger partial charge < -0.3 is 24.1 Å². The fourth-order valence-electron chi connectivity index (χ4n) is 2.32. The van der Waals surface area contributed by atoms with Crippen molar-refractivity contribution in [2.75, 3.05) is 46.2 Å². The molecule has 0 spiro atoms. The number of hydrogen-bond donors (Lipinski definition) is 1. The fourth-order valence-corrected chi connectivity index (χ4v) is 2.32. The van der Waals surface area contributed by atoms with Crippen molar-refractivity contribution in [2.24, 2.45) is 0 Å². The van der Waals surface area contributed by atoms with Crippen LogP contribution in [0.5, 0.6) is 5.75 Å². The van der Waals surface area contributed by atoms with Gasteiger partial charge in [0.05, 0.1) is 39.5 Å². The molecule has 0 aliphatic heterocycles. The molecule has 1 aromatic carbocycles. The fraction of sp³-hybridized carbons (Fsp3) is 0.650. The maximum atomic E-state index is 11.8. The summed E-state index contributed by atoms with van der Waals surface area (Å²) in [5, 5.41) is 8.56. The maximum Gasteiger partial charge on any atom is 0.313 e. The quantitative estimate of drug-likeness (QED) is 0.291. The lowest BCUT2D eigenvalue weighted by molar-refractivity contribution is -0.135. The van der Waals surface area contributed by atoms with E-state index in [-0.39, 0.29) is 19.0 Å². The summed E-state index contributed by atoms with van der Waals surface area (Å²) in [5.74, 6) is 0.312. The van der Waals surface area contributed by atoms with Crippen LogP contribution in [0.25, 0.3) is 0 Å². The van der Waals surface area contributed by atoms with Gasteiger partial charge in [0, 0.05) is 13.2 Å². The summed E-state index contributed by atoms with van der Waals surface area (Å²) in [4.78, 5) is 11.8. The van der Waals surface area contributed by atoms with Crippen LogP contribution in [0.15, 0.2) is 18.2 Å². The van der Waals surface area contributed by atoms with Gasteiger partial charge in [-0.2, -0.15) is 0 Å². The van der Waals surface area contributed by atoms with E-state index in [1.54, 1.807) is 0 Å². The number of esters is 1. The highest BCUT2D eigenvalue weighted by Crippen LogP contribution is 2.19. The van der Waals surface area contributed by atoms with Gasteiger partial charge in [0.25, 0.3) is 0 Å². The van der Waals surface area contributed by atoms with Crippen molar-refractivity contribution in [3.63, 3.8) is 0 Å². The summed E-state index contributed by atoms with van der Waals surface area (Å²) in [6.45, 7) is 7.10. The summed E-state index contributed by atoms with van der Waals surface area (Å²) in [6, 6.07) is 5.72. The molecule has 1 N–H and O–H groups in total. The van der Waals surface area contributed by atoms with Crippen molar-refractivity contribution in [1.82, 2.24) is 0 Å². The average Bonchev–Trinajstić information content (AvgIpc) is 2.61. The minimum absolute atomic E-state index is 0.0758. The van der Waals surface area contributed by atoms with Crippen LogP contribution >= 0.6 is 0 Å². The summed E-state index contributed by atoms with van der Waals surface area (Å²) in [5.41, 5.74) is 2.09. The largest absolute Gasteiger partial charge is 0.426 e. The van der Waals surface area contributed by atoms with E-state index in [4.69, 9.17) is 24.1 Å². The zero-order valence-corrected chi connectivity index (χ0v) is 16.0. The van der Waals surface area contributed by atoms with E-state index in [0.29, 0.717) is 45.4 Å². The number of aryl methyl sites for hydroxylation is 2. The lowest BCUT2D eigenvalue weighted by atomic mass is 10.1. The minimum Gasteiger partial charge on any atom is -0.426 e. The standard InChI is InChI=1S/C20H32O6/c1-17-6-7-19(18(2)16-17)26-20(22)8-12-25-15-14-24-11-5-3-4-10-23-13-9-21/h6-7,16,21H,3-5,8-15H2,1-2H3.